The van der Waals surface area contributed by atoms with Gasteiger partial charge in [-0.25, -0.2) is 0 Å². The molecule has 0 unspecified atom stereocenters. The topological polar surface area (TPSA) is 52.3 Å². The van der Waals surface area contributed by atoms with Crippen molar-refractivity contribution >= 4 is 41.6 Å². The van der Waals surface area contributed by atoms with Gasteiger partial charge in [0.2, 0.25) is 0 Å². The van der Waals surface area contributed by atoms with E-state index in [9.17, 15) is 4.79 Å². The minimum atomic E-state index is -0.988. The SMILES string of the molecule is CCOC(=O)[C@@](C)(N)CCC(Cl)Cl.Cl. The second kappa shape index (κ2) is 7.57. The second-order valence-electron chi connectivity index (χ2n) is 3.07. The van der Waals surface area contributed by atoms with Gasteiger partial charge in [-0.2, -0.15) is 0 Å². The Hall–Kier alpha value is 0.300. The van der Waals surface area contributed by atoms with Gasteiger partial charge in [0, 0.05) is 0 Å². The van der Waals surface area contributed by atoms with Gasteiger partial charge in [-0.05, 0) is 26.7 Å². The Balaban J connectivity index is 0. The van der Waals surface area contributed by atoms with Gasteiger partial charge in [-0.15, -0.1) is 35.6 Å². The lowest BCUT2D eigenvalue weighted by Crippen LogP contribution is -2.46. The molecule has 0 spiro atoms. The van der Waals surface area contributed by atoms with E-state index in [2.05, 4.69) is 0 Å². The molecular formula is C8H16Cl3NO2. The Morgan fingerprint density at radius 3 is 2.43 bits per heavy atom. The fraction of sp³-hybridized carbons (Fsp3) is 0.875. The minimum Gasteiger partial charge on any atom is -0.465 e. The van der Waals surface area contributed by atoms with Crippen LogP contribution in [0, 0.1) is 0 Å². The van der Waals surface area contributed by atoms with E-state index in [1.165, 1.54) is 0 Å². The maximum atomic E-state index is 11.2. The van der Waals surface area contributed by atoms with Crippen LogP contribution in [0.1, 0.15) is 26.7 Å². The van der Waals surface area contributed by atoms with Gasteiger partial charge in [-0.1, -0.05) is 0 Å². The lowest BCUT2D eigenvalue weighted by molar-refractivity contribution is -0.149. The molecule has 2 N–H and O–H groups in total. The molecule has 0 fully saturated rings. The van der Waals surface area contributed by atoms with Crippen LogP contribution in [-0.2, 0) is 9.53 Å². The Kier molecular flexibility index (Phi) is 9.04. The molecule has 0 amide bonds. The van der Waals surface area contributed by atoms with E-state index in [0.717, 1.165) is 0 Å². The van der Waals surface area contributed by atoms with Crippen molar-refractivity contribution in [3.8, 4) is 0 Å². The highest BCUT2D eigenvalue weighted by atomic mass is 35.5. The Morgan fingerprint density at radius 2 is 2.07 bits per heavy atom. The van der Waals surface area contributed by atoms with Crippen LogP contribution in [0.2, 0.25) is 0 Å². The molecule has 0 saturated carbocycles. The number of rotatable bonds is 5. The molecule has 0 aromatic heterocycles. The number of hydrogen-bond donors (Lipinski definition) is 1. The Labute approximate surface area is 101 Å². The third kappa shape index (κ3) is 6.71. The predicted octanol–water partition coefficient (Wildman–Crippen LogP) is 2.27. The van der Waals surface area contributed by atoms with Crippen LogP contribution in [-0.4, -0.2) is 23.0 Å². The number of esters is 1. The van der Waals surface area contributed by atoms with Gasteiger partial charge in [-0.3, -0.25) is 4.79 Å². The third-order valence-electron chi connectivity index (χ3n) is 1.62. The normalized spacial score (nSPS) is 14.4. The van der Waals surface area contributed by atoms with Crippen molar-refractivity contribution in [2.45, 2.75) is 37.1 Å². The number of carbonyl (C=O) groups excluding carboxylic acids is 1. The van der Waals surface area contributed by atoms with Gasteiger partial charge in [0.25, 0.3) is 0 Å². The van der Waals surface area contributed by atoms with Gasteiger partial charge < -0.3 is 10.5 Å². The van der Waals surface area contributed by atoms with Crippen molar-refractivity contribution in [1.82, 2.24) is 0 Å². The van der Waals surface area contributed by atoms with Crippen molar-refractivity contribution in [2.24, 2.45) is 5.73 Å². The zero-order valence-electron chi connectivity index (χ0n) is 8.26. The summed E-state index contributed by atoms with van der Waals surface area (Å²) in [5.41, 5.74) is 4.71. The molecule has 0 radical (unpaired) electrons. The molecule has 14 heavy (non-hydrogen) atoms. The van der Waals surface area contributed by atoms with Crippen LogP contribution >= 0.6 is 35.6 Å². The summed E-state index contributed by atoms with van der Waals surface area (Å²) in [5, 5.41) is 0. The smallest absolute Gasteiger partial charge is 0.325 e. The zero-order valence-corrected chi connectivity index (χ0v) is 10.6. The summed E-state index contributed by atoms with van der Waals surface area (Å²) in [7, 11) is 0. The fourth-order valence-electron chi connectivity index (χ4n) is 0.807. The van der Waals surface area contributed by atoms with Crippen LogP contribution in [0.5, 0.6) is 0 Å². The van der Waals surface area contributed by atoms with Gasteiger partial charge in [0.15, 0.2) is 0 Å². The number of carbonyl (C=O) groups is 1. The largest absolute Gasteiger partial charge is 0.465 e. The summed E-state index contributed by atoms with van der Waals surface area (Å²) >= 11 is 11.0. The number of hydrogen-bond acceptors (Lipinski definition) is 3. The Bertz CT molecular complexity index is 174. The summed E-state index contributed by atoms with van der Waals surface area (Å²) < 4.78 is 4.79. The molecule has 0 bridgehead atoms. The van der Waals surface area contributed by atoms with Crippen molar-refractivity contribution in [3.05, 3.63) is 0 Å². The van der Waals surface area contributed by atoms with E-state index in [1.54, 1.807) is 13.8 Å². The molecule has 3 nitrogen and oxygen atoms in total. The summed E-state index contributed by atoms with van der Waals surface area (Å²) in [5.74, 6) is -0.413. The van der Waals surface area contributed by atoms with Crippen LogP contribution < -0.4 is 5.73 Å². The quantitative estimate of drug-likeness (QED) is 0.612. The van der Waals surface area contributed by atoms with Gasteiger partial charge >= 0.3 is 5.97 Å². The van der Waals surface area contributed by atoms with Crippen molar-refractivity contribution < 1.29 is 9.53 Å². The summed E-state index contributed by atoms with van der Waals surface area (Å²) in [4.78, 5) is 10.8. The molecule has 0 saturated heterocycles. The van der Waals surface area contributed by atoms with E-state index in [-0.39, 0.29) is 12.4 Å². The molecule has 86 valence electrons. The number of alkyl halides is 2. The molecule has 0 rings (SSSR count). The fourth-order valence-corrected chi connectivity index (χ4v) is 1.03. The average molecular weight is 265 g/mol. The lowest BCUT2D eigenvalue weighted by atomic mass is 9.98. The van der Waals surface area contributed by atoms with E-state index in [1.807, 2.05) is 0 Å². The monoisotopic (exact) mass is 263 g/mol. The third-order valence-corrected chi connectivity index (χ3v) is 2.06. The molecule has 0 aliphatic heterocycles. The van der Waals surface area contributed by atoms with Gasteiger partial charge in [0.05, 0.1) is 6.61 Å². The van der Waals surface area contributed by atoms with Crippen molar-refractivity contribution in [1.29, 1.82) is 0 Å². The summed E-state index contributed by atoms with van der Waals surface area (Å²) in [6, 6.07) is 0. The first kappa shape index (κ1) is 16.7. The van der Waals surface area contributed by atoms with E-state index < -0.39 is 16.3 Å². The first-order chi connectivity index (χ1) is 5.90. The molecule has 0 heterocycles. The minimum absolute atomic E-state index is 0. The van der Waals surface area contributed by atoms with Crippen LogP contribution in [0.3, 0.4) is 0 Å². The van der Waals surface area contributed by atoms with Crippen molar-refractivity contribution in [2.75, 3.05) is 6.61 Å². The standard InChI is InChI=1S/C8H15Cl2NO2.ClH/c1-3-13-7(12)8(2,11)5-4-6(9)10;/h6H,3-5,11H2,1-2H3;1H/t8-;/m0./s1. The van der Waals surface area contributed by atoms with Crippen LogP contribution in [0.25, 0.3) is 0 Å². The number of nitrogens with two attached hydrogens (primary N) is 1. The van der Waals surface area contributed by atoms with Crippen molar-refractivity contribution in [3.63, 3.8) is 0 Å². The van der Waals surface area contributed by atoms with E-state index in [0.29, 0.717) is 19.4 Å². The van der Waals surface area contributed by atoms with Crippen LogP contribution in [0.15, 0.2) is 0 Å². The number of ether oxygens (including phenoxy) is 1. The molecule has 1 atom stereocenters. The molecule has 0 aliphatic carbocycles. The number of halogens is 3. The molecule has 0 aromatic carbocycles. The molecular weight excluding hydrogens is 248 g/mol. The van der Waals surface area contributed by atoms with Gasteiger partial charge in [0.1, 0.15) is 10.4 Å². The van der Waals surface area contributed by atoms with E-state index in [4.69, 9.17) is 33.7 Å². The molecule has 6 heteroatoms. The second-order valence-corrected chi connectivity index (χ2v) is 4.34. The summed E-state index contributed by atoms with van der Waals surface area (Å²) in [6.45, 7) is 3.68. The average Bonchev–Trinajstić information content (AvgIpc) is 2.01. The first-order valence-electron chi connectivity index (χ1n) is 4.14. The first-order valence-corrected chi connectivity index (χ1v) is 5.01. The maximum Gasteiger partial charge on any atom is 0.325 e. The summed E-state index contributed by atoms with van der Waals surface area (Å²) in [6.07, 6.45) is 0.901. The Morgan fingerprint density at radius 1 is 1.57 bits per heavy atom. The van der Waals surface area contributed by atoms with E-state index >= 15 is 0 Å². The zero-order chi connectivity index (χ0) is 10.5. The highest BCUT2D eigenvalue weighted by molar-refractivity contribution is 6.44. The molecule has 0 aromatic rings. The maximum absolute atomic E-state index is 11.2. The van der Waals surface area contributed by atoms with Crippen LogP contribution in [0.4, 0.5) is 0 Å². The predicted molar refractivity (Wildman–Crippen MR) is 61.2 cm³/mol. The lowest BCUT2D eigenvalue weighted by Gasteiger charge is -2.22. The molecule has 0 aliphatic rings. The highest BCUT2D eigenvalue weighted by Gasteiger charge is 2.29. The highest BCUT2D eigenvalue weighted by Crippen LogP contribution is 2.17.